The standard InChI is InChI=1S/C10H18N4O3/c1-6(2)5-17-9-7(11)8(16-4-3-15)13-10(12)14-9/h6,15H,3-5,11H2,1-2H3,(H2,12,13,14). The normalized spacial score (nSPS) is 10.6. The van der Waals surface area contributed by atoms with Gasteiger partial charge in [-0.1, -0.05) is 13.8 Å². The van der Waals surface area contributed by atoms with Crippen LogP contribution in [0, 0.1) is 5.92 Å². The van der Waals surface area contributed by atoms with E-state index in [2.05, 4.69) is 9.97 Å². The maximum absolute atomic E-state index is 8.66. The van der Waals surface area contributed by atoms with Crippen molar-refractivity contribution in [2.24, 2.45) is 5.92 Å². The van der Waals surface area contributed by atoms with Crippen LogP contribution in [0.25, 0.3) is 0 Å². The third kappa shape index (κ3) is 3.95. The molecule has 1 aromatic heterocycles. The number of nitrogens with two attached hydrogens (primary N) is 2. The second-order valence-electron chi connectivity index (χ2n) is 3.88. The second kappa shape index (κ2) is 6.09. The number of ether oxygens (including phenoxy) is 2. The molecule has 0 saturated carbocycles. The summed E-state index contributed by atoms with van der Waals surface area (Å²) < 4.78 is 10.5. The van der Waals surface area contributed by atoms with Crippen LogP contribution in [-0.4, -0.2) is 34.9 Å². The molecule has 0 aromatic carbocycles. The zero-order valence-corrected chi connectivity index (χ0v) is 10.0. The van der Waals surface area contributed by atoms with E-state index in [1.165, 1.54) is 0 Å². The van der Waals surface area contributed by atoms with E-state index < -0.39 is 0 Å². The number of aromatic nitrogens is 2. The van der Waals surface area contributed by atoms with E-state index in [0.717, 1.165) is 0 Å². The summed E-state index contributed by atoms with van der Waals surface area (Å²) in [4.78, 5) is 7.72. The summed E-state index contributed by atoms with van der Waals surface area (Å²) in [7, 11) is 0. The summed E-state index contributed by atoms with van der Waals surface area (Å²) in [6.07, 6.45) is 0. The quantitative estimate of drug-likeness (QED) is 0.645. The first-order valence-corrected chi connectivity index (χ1v) is 5.34. The topological polar surface area (TPSA) is 117 Å². The summed E-state index contributed by atoms with van der Waals surface area (Å²) in [5.41, 5.74) is 11.5. The summed E-state index contributed by atoms with van der Waals surface area (Å²) in [5, 5.41) is 8.66. The highest BCUT2D eigenvalue weighted by Crippen LogP contribution is 2.28. The minimum Gasteiger partial charge on any atom is -0.476 e. The van der Waals surface area contributed by atoms with Crippen molar-refractivity contribution in [3.63, 3.8) is 0 Å². The monoisotopic (exact) mass is 242 g/mol. The van der Waals surface area contributed by atoms with Crippen molar-refractivity contribution < 1.29 is 14.6 Å². The third-order valence-electron chi connectivity index (χ3n) is 1.78. The SMILES string of the molecule is CC(C)COc1nc(N)nc(OCCO)c1N. The molecular weight excluding hydrogens is 224 g/mol. The highest BCUT2D eigenvalue weighted by atomic mass is 16.5. The lowest BCUT2D eigenvalue weighted by Gasteiger charge is -2.13. The van der Waals surface area contributed by atoms with Crippen LogP contribution in [0.5, 0.6) is 11.8 Å². The van der Waals surface area contributed by atoms with Crippen molar-refractivity contribution in [1.29, 1.82) is 0 Å². The molecule has 0 aliphatic rings. The van der Waals surface area contributed by atoms with Gasteiger partial charge in [-0.2, -0.15) is 9.97 Å². The van der Waals surface area contributed by atoms with E-state index in [0.29, 0.717) is 12.5 Å². The average Bonchev–Trinajstić information content (AvgIpc) is 2.27. The van der Waals surface area contributed by atoms with Gasteiger partial charge in [-0.25, -0.2) is 0 Å². The summed E-state index contributed by atoms with van der Waals surface area (Å²) in [6.45, 7) is 4.43. The van der Waals surface area contributed by atoms with Crippen LogP contribution < -0.4 is 20.9 Å². The third-order valence-corrected chi connectivity index (χ3v) is 1.78. The number of anilines is 2. The predicted molar refractivity (Wildman–Crippen MR) is 63.8 cm³/mol. The fraction of sp³-hybridized carbons (Fsp3) is 0.600. The minimum atomic E-state index is -0.133. The number of hydrogen-bond acceptors (Lipinski definition) is 7. The summed E-state index contributed by atoms with van der Waals surface area (Å²) >= 11 is 0. The first kappa shape index (κ1) is 13.3. The number of aliphatic hydroxyl groups is 1. The van der Waals surface area contributed by atoms with Crippen molar-refractivity contribution in [2.75, 3.05) is 31.3 Å². The molecule has 0 bridgehead atoms. The minimum absolute atomic E-state index is 0.0193. The Hall–Kier alpha value is -1.76. The number of nitrogens with zero attached hydrogens (tertiary/aromatic N) is 2. The van der Waals surface area contributed by atoms with Crippen LogP contribution in [-0.2, 0) is 0 Å². The number of aliphatic hydroxyl groups excluding tert-OH is 1. The van der Waals surface area contributed by atoms with Crippen molar-refractivity contribution in [2.45, 2.75) is 13.8 Å². The van der Waals surface area contributed by atoms with Gasteiger partial charge in [0.25, 0.3) is 0 Å². The number of rotatable bonds is 6. The van der Waals surface area contributed by atoms with Crippen LogP contribution in [0.15, 0.2) is 0 Å². The molecule has 7 heteroatoms. The first-order valence-electron chi connectivity index (χ1n) is 5.34. The van der Waals surface area contributed by atoms with Gasteiger partial charge in [-0.15, -0.1) is 0 Å². The van der Waals surface area contributed by atoms with Gasteiger partial charge < -0.3 is 26.0 Å². The van der Waals surface area contributed by atoms with Crippen molar-refractivity contribution in [1.82, 2.24) is 9.97 Å². The van der Waals surface area contributed by atoms with Crippen LogP contribution in [0.3, 0.4) is 0 Å². The van der Waals surface area contributed by atoms with Gasteiger partial charge in [0.1, 0.15) is 6.61 Å². The zero-order chi connectivity index (χ0) is 12.8. The molecule has 0 fully saturated rings. The number of nitrogen functional groups attached to an aromatic ring is 2. The molecule has 0 atom stereocenters. The Bertz CT molecular complexity index is 371. The highest BCUT2D eigenvalue weighted by Gasteiger charge is 2.13. The van der Waals surface area contributed by atoms with Gasteiger partial charge in [0.05, 0.1) is 13.2 Å². The molecule has 0 radical (unpaired) electrons. The fourth-order valence-corrected chi connectivity index (χ4v) is 1.05. The van der Waals surface area contributed by atoms with Crippen LogP contribution in [0.4, 0.5) is 11.6 Å². The van der Waals surface area contributed by atoms with Crippen molar-refractivity contribution in [3.8, 4) is 11.8 Å². The Morgan fingerprint density at radius 2 is 1.76 bits per heavy atom. The Morgan fingerprint density at radius 3 is 2.29 bits per heavy atom. The predicted octanol–water partition coefficient (Wildman–Crippen LogP) is 0.0469. The molecule has 96 valence electrons. The molecule has 0 amide bonds. The summed E-state index contributed by atoms with van der Waals surface area (Å²) in [6, 6.07) is 0. The second-order valence-corrected chi connectivity index (χ2v) is 3.88. The molecule has 1 aromatic rings. The average molecular weight is 242 g/mol. The molecule has 0 saturated heterocycles. The van der Waals surface area contributed by atoms with Crippen LogP contribution in [0.2, 0.25) is 0 Å². The highest BCUT2D eigenvalue weighted by molar-refractivity contribution is 5.58. The largest absolute Gasteiger partial charge is 0.476 e. The van der Waals surface area contributed by atoms with Crippen LogP contribution in [0.1, 0.15) is 13.8 Å². The molecule has 5 N–H and O–H groups in total. The van der Waals surface area contributed by atoms with Gasteiger partial charge in [-0.05, 0) is 5.92 Å². The van der Waals surface area contributed by atoms with Gasteiger partial charge in [0.2, 0.25) is 17.7 Å². The molecule has 0 aliphatic heterocycles. The molecule has 1 rings (SSSR count). The lowest BCUT2D eigenvalue weighted by atomic mass is 10.2. The van der Waals surface area contributed by atoms with E-state index in [9.17, 15) is 0 Å². The van der Waals surface area contributed by atoms with E-state index in [1.807, 2.05) is 13.8 Å². The molecule has 17 heavy (non-hydrogen) atoms. The van der Waals surface area contributed by atoms with Gasteiger partial charge in [0.15, 0.2) is 5.69 Å². The first-order chi connectivity index (χ1) is 8.04. The maximum Gasteiger partial charge on any atom is 0.246 e. The molecule has 0 spiro atoms. The van der Waals surface area contributed by atoms with Crippen LogP contribution >= 0.6 is 0 Å². The maximum atomic E-state index is 8.66. The molecule has 0 aliphatic carbocycles. The molecule has 0 unspecified atom stereocenters. The van der Waals surface area contributed by atoms with Crippen molar-refractivity contribution >= 4 is 11.6 Å². The van der Waals surface area contributed by atoms with Gasteiger partial charge in [-0.3, -0.25) is 0 Å². The van der Waals surface area contributed by atoms with E-state index in [-0.39, 0.29) is 36.6 Å². The van der Waals surface area contributed by atoms with E-state index in [4.69, 9.17) is 26.0 Å². The van der Waals surface area contributed by atoms with Crippen molar-refractivity contribution in [3.05, 3.63) is 0 Å². The smallest absolute Gasteiger partial charge is 0.246 e. The fourth-order valence-electron chi connectivity index (χ4n) is 1.05. The van der Waals surface area contributed by atoms with E-state index in [1.54, 1.807) is 0 Å². The van der Waals surface area contributed by atoms with Gasteiger partial charge in [0, 0.05) is 0 Å². The molecular formula is C10H18N4O3. The Morgan fingerprint density at radius 1 is 1.18 bits per heavy atom. The Balaban J connectivity index is 2.85. The lowest BCUT2D eigenvalue weighted by Crippen LogP contribution is -2.12. The zero-order valence-electron chi connectivity index (χ0n) is 10.0. The lowest BCUT2D eigenvalue weighted by molar-refractivity contribution is 0.196. The molecule has 1 heterocycles. The molecule has 7 nitrogen and oxygen atoms in total. The van der Waals surface area contributed by atoms with Gasteiger partial charge >= 0.3 is 0 Å². The Labute approximate surface area is 99.8 Å². The van der Waals surface area contributed by atoms with E-state index >= 15 is 0 Å². The Kier molecular flexibility index (Phi) is 4.77. The summed E-state index contributed by atoms with van der Waals surface area (Å²) in [5.74, 6) is 0.697. The number of hydrogen-bond donors (Lipinski definition) is 3.